The van der Waals surface area contributed by atoms with Crippen molar-refractivity contribution < 1.29 is 9.59 Å². The van der Waals surface area contributed by atoms with Gasteiger partial charge in [0.2, 0.25) is 0 Å². The predicted octanol–water partition coefficient (Wildman–Crippen LogP) is 4.44. The molecule has 0 aliphatic carbocycles. The number of amides is 2. The van der Waals surface area contributed by atoms with E-state index in [-0.39, 0.29) is 17.4 Å². The molecule has 3 aromatic carbocycles. The predicted molar refractivity (Wildman–Crippen MR) is 160 cm³/mol. The van der Waals surface area contributed by atoms with Gasteiger partial charge in [-0.3, -0.25) is 19.0 Å². The number of anilines is 1. The average Bonchev–Trinajstić information content (AvgIpc) is 3.52. The van der Waals surface area contributed by atoms with E-state index in [4.69, 9.17) is 0 Å². The van der Waals surface area contributed by atoms with Crippen molar-refractivity contribution in [2.45, 2.75) is 32.6 Å². The van der Waals surface area contributed by atoms with Crippen molar-refractivity contribution in [3.63, 3.8) is 0 Å². The third-order valence-corrected chi connectivity index (χ3v) is 7.12. The molecule has 42 heavy (non-hydrogen) atoms. The van der Waals surface area contributed by atoms with E-state index in [1.165, 1.54) is 10.9 Å². The maximum absolute atomic E-state index is 13.6. The topological polar surface area (TPSA) is 146 Å². The molecule has 2 aromatic heterocycles. The van der Waals surface area contributed by atoms with Gasteiger partial charge in [0, 0.05) is 36.1 Å². The molecular weight excluding hydrogens is 530 g/mol. The number of carbonyl (C=O) groups is 2. The molecule has 0 unspecified atom stereocenters. The number of aryl methyl sites for hydroxylation is 1. The highest BCUT2D eigenvalue weighted by atomic mass is 16.2. The van der Waals surface area contributed by atoms with Gasteiger partial charge in [0.05, 0.1) is 40.0 Å². The van der Waals surface area contributed by atoms with Crippen molar-refractivity contribution >= 4 is 28.4 Å². The van der Waals surface area contributed by atoms with Crippen molar-refractivity contribution in [3.05, 3.63) is 118 Å². The van der Waals surface area contributed by atoms with Crippen LogP contribution in [0.15, 0.2) is 84.3 Å². The monoisotopic (exact) mass is 559 g/mol. The summed E-state index contributed by atoms with van der Waals surface area (Å²) in [5.74, 6) is -0.666. The van der Waals surface area contributed by atoms with Crippen LogP contribution < -0.4 is 16.2 Å². The summed E-state index contributed by atoms with van der Waals surface area (Å²) in [6.07, 6.45) is 5.27. The summed E-state index contributed by atoms with van der Waals surface area (Å²) in [6, 6.07) is 19.4. The number of nitrogens with zero attached hydrogens (tertiary/aromatic N) is 4. The minimum absolute atomic E-state index is 0.296. The van der Waals surface area contributed by atoms with Gasteiger partial charge in [-0.05, 0) is 68.3 Å². The summed E-state index contributed by atoms with van der Waals surface area (Å²) in [5.41, 5.74) is 3.41. The molecular formula is C32H29N7O3. The van der Waals surface area contributed by atoms with E-state index in [9.17, 15) is 19.6 Å². The smallest absolute Gasteiger partial charge is 0.265 e. The molecule has 2 amide bonds. The van der Waals surface area contributed by atoms with Crippen LogP contribution in [0.4, 0.5) is 5.69 Å². The van der Waals surface area contributed by atoms with E-state index in [1.807, 2.05) is 13.0 Å². The zero-order valence-electron chi connectivity index (χ0n) is 23.4. The van der Waals surface area contributed by atoms with Gasteiger partial charge in [-0.2, -0.15) is 5.26 Å². The Hall–Kier alpha value is -5.56. The second-order valence-corrected chi connectivity index (χ2v) is 10.5. The van der Waals surface area contributed by atoms with Crippen LogP contribution in [-0.2, 0) is 11.8 Å². The molecule has 210 valence electrons. The third-order valence-electron chi connectivity index (χ3n) is 7.12. The third kappa shape index (κ3) is 5.67. The highest BCUT2D eigenvalue weighted by Gasteiger charge is 2.21. The number of fused-ring (bicyclic) bond motifs is 1. The Kier molecular flexibility index (Phi) is 7.67. The highest BCUT2D eigenvalue weighted by Crippen LogP contribution is 2.24. The normalized spacial score (nSPS) is 11.2. The van der Waals surface area contributed by atoms with Gasteiger partial charge in [0.1, 0.15) is 6.33 Å². The second-order valence-electron chi connectivity index (χ2n) is 10.5. The standard InChI is InChI=1S/C32H29N7O3/c1-20-10-11-23(38-29(40)21-6-4-7-22(14-21)32(2,3)17-33)15-27(20)39-19-37-28-25(8-5-9-26(28)31(39)42)30(41)35-13-12-24-16-34-18-36-24/h4-11,14-16,18-19H,12-13H2,1-3H3,(H,34,36)(H,35,41)(H,38,40). The Morgan fingerprint density at radius 3 is 2.64 bits per heavy atom. The maximum Gasteiger partial charge on any atom is 0.265 e. The summed E-state index contributed by atoms with van der Waals surface area (Å²) >= 11 is 0. The Balaban J connectivity index is 1.40. The summed E-state index contributed by atoms with van der Waals surface area (Å²) in [4.78, 5) is 51.1. The van der Waals surface area contributed by atoms with Gasteiger partial charge in [-0.25, -0.2) is 9.97 Å². The van der Waals surface area contributed by atoms with Crippen molar-refractivity contribution in [1.29, 1.82) is 5.26 Å². The molecule has 0 fully saturated rings. The van der Waals surface area contributed by atoms with Gasteiger partial charge >= 0.3 is 0 Å². The largest absolute Gasteiger partial charge is 0.352 e. The quantitative estimate of drug-likeness (QED) is 0.256. The van der Waals surface area contributed by atoms with Crippen LogP contribution in [0.2, 0.25) is 0 Å². The molecule has 0 saturated carbocycles. The van der Waals surface area contributed by atoms with Gasteiger partial charge < -0.3 is 15.6 Å². The number of hydrogen-bond donors (Lipinski definition) is 3. The number of hydrogen-bond acceptors (Lipinski definition) is 6. The molecule has 0 saturated heterocycles. The molecule has 0 radical (unpaired) electrons. The molecule has 0 aliphatic heterocycles. The number of para-hydroxylation sites is 1. The van der Waals surface area contributed by atoms with Crippen molar-refractivity contribution in [1.82, 2.24) is 24.8 Å². The second kappa shape index (κ2) is 11.5. The minimum atomic E-state index is -0.738. The fraction of sp³-hybridized carbons (Fsp3) is 0.188. The molecule has 5 rings (SSSR count). The molecule has 0 spiro atoms. The zero-order valence-corrected chi connectivity index (χ0v) is 23.4. The van der Waals surface area contributed by atoms with Gasteiger partial charge in [0.15, 0.2) is 0 Å². The van der Waals surface area contributed by atoms with E-state index in [2.05, 4.69) is 31.7 Å². The Bertz CT molecular complexity index is 1900. The molecule has 0 bridgehead atoms. The van der Waals surface area contributed by atoms with Crippen LogP contribution in [-0.4, -0.2) is 37.9 Å². The zero-order chi connectivity index (χ0) is 29.9. The van der Waals surface area contributed by atoms with E-state index in [0.717, 1.165) is 16.8 Å². The number of nitriles is 1. The number of H-pyrrole nitrogens is 1. The first kappa shape index (κ1) is 28.0. The average molecular weight is 560 g/mol. The lowest BCUT2D eigenvalue weighted by Crippen LogP contribution is -2.27. The van der Waals surface area contributed by atoms with Crippen LogP contribution in [0.5, 0.6) is 0 Å². The van der Waals surface area contributed by atoms with Gasteiger partial charge in [-0.15, -0.1) is 0 Å². The molecule has 0 aliphatic rings. The fourth-order valence-electron chi connectivity index (χ4n) is 4.60. The van der Waals surface area contributed by atoms with Crippen molar-refractivity contribution in [3.8, 4) is 11.8 Å². The highest BCUT2D eigenvalue weighted by molar-refractivity contribution is 6.05. The molecule has 5 aromatic rings. The van der Waals surface area contributed by atoms with Gasteiger partial charge in [-0.1, -0.05) is 24.3 Å². The van der Waals surface area contributed by atoms with Crippen LogP contribution in [0.1, 0.15) is 51.4 Å². The lowest BCUT2D eigenvalue weighted by molar-refractivity contribution is 0.0954. The number of benzene rings is 3. The summed E-state index contributed by atoms with van der Waals surface area (Å²) in [7, 11) is 0. The fourth-order valence-corrected chi connectivity index (χ4v) is 4.60. The van der Waals surface area contributed by atoms with Crippen molar-refractivity contribution in [2.24, 2.45) is 0 Å². The number of carbonyl (C=O) groups excluding carboxylic acids is 2. The minimum Gasteiger partial charge on any atom is -0.352 e. The first-order valence-electron chi connectivity index (χ1n) is 13.4. The lowest BCUT2D eigenvalue weighted by Gasteiger charge is -2.17. The van der Waals surface area contributed by atoms with E-state index in [1.54, 1.807) is 81.0 Å². The van der Waals surface area contributed by atoms with E-state index < -0.39 is 5.41 Å². The maximum atomic E-state index is 13.6. The van der Waals surface area contributed by atoms with Crippen LogP contribution >= 0.6 is 0 Å². The first-order valence-corrected chi connectivity index (χ1v) is 13.4. The summed E-state index contributed by atoms with van der Waals surface area (Å²) < 4.78 is 1.41. The number of nitrogens with one attached hydrogen (secondary N) is 3. The molecule has 0 atom stereocenters. The number of imidazole rings is 1. The molecule has 10 nitrogen and oxygen atoms in total. The Morgan fingerprint density at radius 2 is 1.88 bits per heavy atom. The molecule has 3 N–H and O–H groups in total. The lowest BCUT2D eigenvalue weighted by atomic mass is 9.85. The SMILES string of the molecule is Cc1ccc(NC(=O)c2cccc(C(C)(C)C#N)c2)cc1-n1cnc2c(C(=O)NCCc3cnc[nH]3)cccc2c1=O. The Morgan fingerprint density at radius 1 is 1.07 bits per heavy atom. The number of rotatable bonds is 8. The van der Waals surface area contributed by atoms with E-state index >= 15 is 0 Å². The molecule has 10 heteroatoms. The Labute approximate surface area is 242 Å². The van der Waals surface area contributed by atoms with E-state index in [0.29, 0.717) is 46.4 Å². The number of aromatic amines is 1. The van der Waals surface area contributed by atoms with Crippen LogP contribution in [0.3, 0.4) is 0 Å². The number of aromatic nitrogens is 4. The first-order chi connectivity index (χ1) is 20.2. The molecule has 2 heterocycles. The van der Waals surface area contributed by atoms with Crippen LogP contribution in [0, 0.1) is 18.3 Å². The van der Waals surface area contributed by atoms with Crippen LogP contribution in [0.25, 0.3) is 16.6 Å². The summed E-state index contributed by atoms with van der Waals surface area (Å²) in [6.45, 7) is 5.84. The van der Waals surface area contributed by atoms with Crippen molar-refractivity contribution in [2.75, 3.05) is 11.9 Å². The summed E-state index contributed by atoms with van der Waals surface area (Å²) in [5, 5.41) is 15.5. The van der Waals surface area contributed by atoms with Gasteiger partial charge in [0.25, 0.3) is 17.4 Å².